The smallest absolute Gasteiger partial charge is 0.321 e. The van der Waals surface area contributed by atoms with Gasteiger partial charge in [-0.15, -0.1) is 0 Å². The Balaban J connectivity index is 1.58. The highest BCUT2D eigenvalue weighted by atomic mass is 16.2. The Bertz CT molecular complexity index is 1550. The number of nitrogens with zero attached hydrogens (tertiary/aromatic N) is 6. The molecule has 3 amide bonds. The summed E-state index contributed by atoms with van der Waals surface area (Å²) in [7, 11) is 1.84. The van der Waals surface area contributed by atoms with Gasteiger partial charge in [0.25, 0.3) is 5.91 Å². The predicted molar refractivity (Wildman–Crippen MR) is 142 cm³/mol. The number of urea groups is 1. The van der Waals surface area contributed by atoms with Gasteiger partial charge in [0.1, 0.15) is 0 Å². The van der Waals surface area contributed by atoms with Crippen molar-refractivity contribution in [1.82, 2.24) is 19.7 Å². The fourth-order valence-electron chi connectivity index (χ4n) is 4.10. The summed E-state index contributed by atoms with van der Waals surface area (Å²) < 4.78 is 1.70. The fourth-order valence-corrected chi connectivity index (χ4v) is 4.10. The second kappa shape index (κ2) is 9.83. The van der Waals surface area contributed by atoms with Crippen molar-refractivity contribution in [2.75, 3.05) is 20.4 Å². The summed E-state index contributed by atoms with van der Waals surface area (Å²) in [5, 5.41) is 10.3. The Labute approximate surface area is 214 Å². The molecule has 184 valence electrons. The van der Waals surface area contributed by atoms with Crippen LogP contribution in [-0.2, 0) is 18.4 Å². The number of hydrogen-bond acceptors (Lipinski definition) is 6. The first-order valence-corrected chi connectivity index (χ1v) is 11.6. The quantitative estimate of drug-likeness (QED) is 0.397. The Hall–Kier alpha value is -5.17. The molecule has 0 unspecified atom stereocenters. The number of carbonyl (C=O) groups excluding carboxylic acids is 2. The molecule has 0 spiro atoms. The Morgan fingerprint density at radius 2 is 1.86 bits per heavy atom. The summed E-state index contributed by atoms with van der Waals surface area (Å²) in [6, 6.07) is 16.1. The first kappa shape index (κ1) is 23.6. The number of benzene rings is 2. The van der Waals surface area contributed by atoms with Crippen LogP contribution in [0.1, 0.15) is 18.2 Å². The van der Waals surface area contributed by atoms with Crippen LogP contribution in [0, 0.1) is 18.8 Å². The first-order valence-electron chi connectivity index (χ1n) is 11.6. The molecule has 5 rings (SSSR count). The number of rotatable bonds is 5. The van der Waals surface area contributed by atoms with E-state index in [4.69, 9.17) is 4.98 Å². The number of anilines is 6. The van der Waals surface area contributed by atoms with Crippen molar-refractivity contribution in [2.45, 2.75) is 20.4 Å². The van der Waals surface area contributed by atoms with Crippen molar-refractivity contribution < 1.29 is 9.59 Å². The second-order valence-corrected chi connectivity index (χ2v) is 8.39. The van der Waals surface area contributed by atoms with Gasteiger partial charge < -0.3 is 10.6 Å². The fraction of sp³-hybridized carbons (Fsp3) is 0.148. The zero-order valence-corrected chi connectivity index (χ0v) is 20.6. The molecule has 0 saturated heterocycles. The molecule has 0 radical (unpaired) electrons. The monoisotopic (exact) mass is 492 g/mol. The van der Waals surface area contributed by atoms with E-state index in [1.807, 2.05) is 50.5 Å². The largest absolute Gasteiger partial charge is 0.335 e. The predicted octanol–water partition coefficient (Wildman–Crippen LogP) is 4.50. The first-order chi connectivity index (χ1) is 17.9. The minimum atomic E-state index is -0.434. The Morgan fingerprint density at radius 1 is 1.08 bits per heavy atom. The van der Waals surface area contributed by atoms with Gasteiger partial charge in [-0.3, -0.25) is 14.4 Å². The van der Waals surface area contributed by atoms with Crippen LogP contribution < -0.4 is 20.4 Å². The van der Waals surface area contributed by atoms with Crippen molar-refractivity contribution in [3.63, 3.8) is 0 Å². The van der Waals surface area contributed by atoms with Crippen LogP contribution >= 0.6 is 0 Å². The summed E-state index contributed by atoms with van der Waals surface area (Å²) >= 11 is 0. The molecule has 37 heavy (non-hydrogen) atoms. The van der Waals surface area contributed by atoms with Crippen molar-refractivity contribution in [2.24, 2.45) is 7.05 Å². The van der Waals surface area contributed by atoms with Gasteiger partial charge in [-0.2, -0.15) is 10.1 Å². The van der Waals surface area contributed by atoms with Crippen LogP contribution in [0.15, 0.2) is 67.0 Å². The summed E-state index contributed by atoms with van der Waals surface area (Å²) in [6.45, 7) is 3.79. The Kier molecular flexibility index (Phi) is 6.26. The highest BCUT2D eigenvalue weighted by Gasteiger charge is 2.34. The van der Waals surface area contributed by atoms with Gasteiger partial charge in [-0.1, -0.05) is 30.2 Å². The van der Waals surface area contributed by atoms with Crippen LogP contribution in [0.25, 0.3) is 0 Å². The van der Waals surface area contributed by atoms with E-state index >= 15 is 0 Å². The number of fused-ring (bicyclic) bond motifs is 1. The van der Waals surface area contributed by atoms with Crippen molar-refractivity contribution in [3.05, 3.63) is 78.2 Å². The molecule has 1 aliphatic heterocycles. The molecule has 0 bridgehead atoms. The van der Waals surface area contributed by atoms with Crippen LogP contribution in [0.5, 0.6) is 0 Å². The van der Waals surface area contributed by atoms with Gasteiger partial charge >= 0.3 is 6.03 Å². The lowest BCUT2D eigenvalue weighted by Gasteiger charge is -2.36. The van der Waals surface area contributed by atoms with Crippen LogP contribution in [-0.4, -0.2) is 31.7 Å². The van der Waals surface area contributed by atoms with Gasteiger partial charge in [-0.05, 0) is 50.1 Å². The number of amides is 3. The molecule has 0 atom stereocenters. The second-order valence-electron chi connectivity index (χ2n) is 8.39. The standard InChI is InChI=1S/C27H24N8O2/c1-4-9-24(36)29-20-10-8-13-22(14-20)35-25-19(16-34(27(35)37)21-11-6-5-7-12-21)15-28-26(31-25)30-23-17-33(3)32-18(23)2/h5-8,10-15,17H,16H2,1-3H3,(H,29,36)(H,28,30,31). The maximum absolute atomic E-state index is 13.9. The van der Waals surface area contributed by atoms with Crippen LogP contribution in [0.2, 0.25) is 0 Å². The average Bonchev–Trinajstić information content (AvgIpc) is 3.20. The van der Waals surface area contributed by atoms with Crippen LogP contribution in [0.4, 0.5) is 39.3 Å². The van der Waals surface area contributed by atoms with Crippen molar-refractivity contribution >= 4 is 46.5 Å². The summed E-state index contributed by atoms with van der Waals surface area (Å²) in [4.78, 5) is 38.4. The van der Waals surface area contributed by atoms with Crippen molar-refractivity contribution in [1.29, 1.82) is 0 Å². The van der Waals surface area contributed by atoms with E-state index < -0.39 is 5.91 Å². The SMILES string of the molecule is CC#CC(=O)Nc1cccc(N2C(=O)N(c3ccccc3)Cc3cnc(Nc4cn(C)nc4C)nc32)c1. The third kappa shape index (κ3) is 4.83. The zero-order chi connectivity index (χ0) is 25.9. The van der Waals surface area contributed by atoms with E-state index in [0.29, 0.717) is 29.7 Å². The highest BCUT2D eigenvalue weighted by Crippen LogP contribution is 2.37. The molecule has 2 N–H and O–H groups in total. The molecular weight excluding hydrogens is 468 g/mol. The summed E-state index contributed by atoms with van der Waals surface area (Å²) in [6.07, 6.45) is 3.55. The molecule has 2 aromatic carbocycles. The van der Waals surface area contributed by atoms with Crippen LogP contribution in [0.3, 0.4) is 0 Å². The topological polar surface area (TPSA) is 108 Å². The molecule has 4 aromatic rings. The summed E-state index contributed by atoms with van der Waals surface area (Å²) in [5.41, 5.74) is 4.13. The van der Waals surface area contributed by atoms with Gasteiger partial charge in [0.15, 0.2) is 5.82 Å². The zero-order valence-electron chi connectivity index (χ0n) is 20.6. The van der Waals surface area contributed by atoms with E-state index in [1.54, 1.807) is 47.0 Å². The normalized spacial score (nSPS) is 12.5. The molecule has 1 aliphatic rings. The molecular formula is C27H24N8O2. The molecule has 2 aromatic heterocycles. The number of carbonyl (C=O) groups is 2. The van der Waals surface area contributed by atoms with E-state index in [-0.39, 0.29) is 6.03 Å². The lowest BCUT2D eigenvalue weighted by molar-refractivity contribution is -0.111. The maximum atomic E-state index is 13.9. The number of aryl methyl sites for hydroxylation is 2. The van der Waals surface area contributed by atoms with E-state index in [0.717, 1.165) is 22.6 Å². The van der Waals surface area contributed by atoms with Gasteiger partial charge in [-0.25, -0.2) is 14.7 Å². The minimum absolute atomic E-state index is 0.280. The van der Waals surface area contributed by atoms with Gasteiger partial charge in [0.05, 0.1) is 23.6 Å². The highest BCUT2D eigenvalue weighted by molar-refractivity contribution is 6.11. The number of para-hydroxylation sites is 1. The maximum Gasteiger partial charge on any atom is 0.335 e. The molecule has 10 nitrogen and oxygen atoms in total. The van der Waals surface area contributed by atoms with E-state index in [2.05, 4.69) is 32.6 Å². The Morgan fingerprint density at radius 3 is 2.59 bits per heavy atom. The molecule has 10 heteroatoms. The molecule has 0 saturated carbocycles. The summed E-state index contributed by atoms with van der Waals surface area (Å²) in [5.74, 6) is 5.39. The lowest BCUT2D eigenvalue weighted by atomic mass is 10.1. The van der Waals surface area contributed by atoms with Gasteiger partial charge in [0.2, 0.25) is 5.95 Å². The molecule has 3 heterocycles. The molecule has 0 aliphatic carbocycles. The lowest BCUT2D eigenvalue weighted by Crippen LogP contribution is -2.45. The number of hydrogen-bond donors (Lipinski definition) is 2. The van der Waals surface area contributed by atoms with Crippen molar-refractivity contribution in [3.8, 4) is 11.8 Å². The third-order valence-corrected chi connectivity index (χ3v) is 5.73. The molecule has 0 fully saturated rings. The van der Waals surface area contributed by atoms with E-state index in [1.165, 1.54) is 4.90 Å². The van der Waals surface area contributed by atoms with E-state index in [9.17, 15) is 9.59 Å². The van der Waals surface area contributed by atoms with Gasteiger partial charge in [0, 0.05) is 36.4 Å². The third-order valence-electron chi connectivity index (χ3n) is 5.73. The number of nitrogens with one attached hydrogen (secondary N) is 2. The number of aromatic nitrogens is 4. The minimum Gasteiger partial charge on any atom is -0.321 e. The average molecular weight is 493 g/mol.